The molecular weight excluding hydrogens is 661 g/mol. The first-order valence-corrected chi connectivity index (χ1v) is 18.2. The van der Waals surface area contributed by atoms with E-state index in [1.54, 1.807) is 44.9 Å². The number of carboxylic acids is 1. The SMILES string of the molecule is CCOc1cnc(-c2ccc(Cn3c(CC(C)(C)C(=O)O)c(SC(C)(C)C)c4cc(OC[C@@H]5Cc6ccccc6N5C(C)=O)ccc43)cc2)nc1. The number of thioether (sulfide) groups is 1. The van der Waals surface area contributed by atoms with E-state index in [4.69, 9.17) is 9.47 Å². The number of amides is 1. The minimum Gasteiger partial charge on any atom is -0.491 e. The topological polar surface area (TPSA) is 107 Å². The van der Waals surface area contributed by atoms with Gasteiger partial charge >= 0.3 is 5.97 Å². The molecule has 3 heterocycles. The number of ether oxygens (including phenoxy) is 2. The van der Waals surface area contributed by atoms with E-state index >= 15 is 0 Å². The number of aliphatic carboxylic acids is 1. The molecule has 1 N–H and O–H groups in total. The van der Waals surface area contributed by atoms with Crippen molar-refractivity contribution in [2.24, 2.45) is 5.41 Å². The van der Waals surface area contributed by atoms with Gasteiger partial charge in [0.05, 0.1) is 30.5 Å². The van der Waals surface area contributed by atoms with Crippen LogP contribution in [0, 0.1) is 5.41 Å². The molecule has 3 aromatic carbocycles. The van der Waals surface area contributed by atoms with E-state index in [2.05, 4.69) is 65.6 Å². The van der Waals surface area contributed by atoms with Crippen LogP contribution in [0.25, 0.3) is 22.3 Å². The molecule has 1 aliphatic heterocycles. The Hall–Kier alpha value is -4.83. The second-order valence-electron chi connectivity index (χ2n) is 14.7. The van der Waals surface area contributed by atoms with Gasteiger partial charge in [-0.25, -0.2) is 9.97 Å². The maximum absolute atomic E-state index is 12.7. The van der Waals surface area contributed by atoms with Crippen molar-refractivity contribution < 1.29 is 24.2 Å². The molecule has 51 heavy (non-hydrogen) atoms. The Morgan fingerprint density at radius 2 is 1.65 bits per heavy atom. The second-order valence-corrected chi connectivity index (χ2v) is 16.5. The number of fused-ring (bicyclic) bond motifs is 2. The maximum Gasteiger partial charge on any atom is 0.309 e. The Kier molecular flexibility index (Phi) is 10.2. The molecule has 0 radical (unpaired) electrons. The highest BCUT2D eigenvalue weighted by Gasteiger charge is 2.34. The smallest absolute Gasteiger partial charge is 0.309 e. The summed E-state index contributed by atoms with van der Waals surface area (Å²) in [6, 6.07) is 22.2. The predicted octanol–water partition coefficient (Wildman–Crippen LogP) is 8.45. The minimum atomic E-state index is -0.999. The number of anilines is 1. The Balaban J connectivity index is 1.36. The van der Waals surface area contributed by atoms with Crippen molar-refractivity contribution in [3.8, 4) is 22.9 Å². The third-order valence-corrected chi connectivity index (χ3v) is 10.3. The third-order valence-electron chi connectivity index (χ3n) is 9.03. The fourth-order valence-corrected chi connectivity index (χ4v) is 7.76. The van der Waals surface area contributed by atoms with Crippen molar-refractivity contribution >= 4 is 40.2 Å². The summed E-state index contributed by atoms with van der Waals surface area (Å²) in [5, 5.41) is 11.2. The highest BCUT2D eigenvalue weighted by Crippen LogP contribution is 2.44. The molecule has 0 saturated carbocycles. The summed E-state index contributed by atoms with van der Waals surface area (Å²) in [4.78, 5) is 37.0. The van der Waals surface area contributed by atoms with Gasteiger partial charge in [0, 0.05) is 57.4 Å². The van der Waals surface area contributed by atoms with Crippen LogP contribution >= 0.6 is 11.8 Å². The molecule has 0 spiro atoms. The van der Waals surface area contributed by atoms with Crippen LogP contribution in [0.1, 0.15) is 65.3 Å². The first kappa shape index (κ1) is 36.0. The molecule has 6 rings (SSSR count). The van der Waals surface area contributed by atoms with E-state index in [9.17, 15) is 14.7 Å². The standard InChI is InChI=1S/C41H46N4O5S/c1-8-49-32-22-42-38(43-23-32)28-15-13-27(14-16-28)24-44-35-18-17-31(50-25-30-19-29-11-9-10-12-34(29)45(30)26(2)46)20-33(35)37(51-40(3,4)5)36(44)21-41(6,7)39(47)48/h9-18,20,22-23,30H,8,19,21,24-25H2,1-7H3,(H,47,48)/t30-/m0/s1. The summed E-state index contributed by atoms with van der Waals surface area (Å²) in [5.41, 5.74) is 5.02. The van der Waals surface area contributed by atoms with Crippen LogP contribution in [0.3, 0.4) is 0 Å². The lowest BCUT2D eigenvalue weighted by Crippen LogP contribution is -2.40. The van der Waals surface area contributed by atoms with Crippen molar-refractivity contribution in [3.63, 3.8) is 0 Å². The number of hydrogen-bond acceptors (Lipinski definition) is 7. The van der Waals surface area contributed by atoms with Gasteiger partial charge in [0.25, 0.3) is 0 Å². The predicted molar refractivity (Wildman–Crippen MR) is 203 cm³/mol. The van der Waals surface area contributed by atoms with E-state index in [-0.39, 0.29) is 16.7 Å². The molecule has 1 atom stereocenters. The molecule has 266 valence electrons. The van der Waals surface area contributed by atoms with Gasteiger partial charge in [-0.2, -0.15) is 0 Å². The molecule has 1 amide bonds. The van der Waals surface area contributed by atoms with E-state index in [0.29, 0.717) is 43.5 Å². The number of carbonyl (C=O) groups is 2. The van der Waals surface area contributed by atoms with Gasteiger partial charge in [0.2, 0.25) is 5.91 Å². The summed E-state index contributed by atoms with van der Waals surface area (Å²) >= 11 is 1.74. The molecule has 0 bridgehead atoms. The number of para-hydroxylation sites is 1. The molecule has 0 aliphatic carbocycles. The fraction of sp³-hybridized carbons (Fsp3) is 0.366. The summed E-state index contributed by atoms with van der Waals surface area (Å²) in [6.07, 6.45) is 4.44. The molecule has 5 aromatic rings. The largest absolute Gasteiger partial charge is 0.491 e. The van der Waals surface area contributed by atoms with Crippen LogP contribution in [0.4, 0.5) is 5.69 Å². The molecule has 2 aromatic heterocycles. The Labute approximate surface area is 304 Å². The number of carboxylic acid groups (broad SMARTS) is 1. The van der Waals surface area contributed by atoms with Gasteiger partial charge < -0.3 is 24.0 Å². The number of rotatable bonds is 12. The Morgan fingerprint density at radius 1 is 0.941 bits per heavy atom. The van der Waals surface area contributed by atoms with Crippen LogP contribution in [0.2, 0.25) is 0 Å². The molecule has 0 saturated heterocycles. The van der Waals surface area contributed by atoms with Gasteiger partial charge in [-0.3, -0.25) is 9.59 Å². The van der Waals surface area contributed by atoms with Gasteiger partial charge in [-0.15, -0.1) is 11.8 Å². The monoisotopic (exact) mass is 706 g/mol. The van der Waals surface area contributed by atoms with Crippen molar-refractivity contribution in [1.29, 1.82) is 0 Å². The normalized spacial score (nSPS) is 14.5. The van der Waals surface area contributed by atoms with Crippen LogP contribution in [-0.2, 0) is 29.0 Å². The maximum atomic E-state index is 12.7. The lowest BCUT2D eigenvalue weighted by atomic mass is 9.88. The van der Waals surface area contributed by atoms with Crippen LogP contribution < -0.4 is 14.4 Å². The van der Waals surface area contributed by atoms with Gasteiger partial charge in [0.15, 0.2) is 11.6 Å². The first-order valence-electron chi connectivity index (χ1n) is 17.4. The molecular formula is C41H46N4O5S. The summed E-state index contributed by atoms with van der Waals surface area (Å²) in [6.45, 7) is 15.0. The van der Waals surface area contributed by atoms with Crippen LogP contribution in [0.15, 0.2) is 84.0 Å². The lowest BCUT2D eigenvalue weighted by molar-refractivity contribution is -0.146. The number of carbonyl (C=O) groups excluding carboxylic acids is 1. The zero-order valence-electron chi connectivity index (χ0n) is 30.4. The minimum absolute atomic E-state index is 0.00401. The first-order chi connectivity index (χ1) is 24.2. The molecule has 9 nitrogen and oxygen atoms in total. The summed E-state index contributed by atoms with van der Waals surface area (Å²) in [7, 11) is 0. The average molecular weight is 707 g/mol. The molecule has 1 aliphatic rings. The van der Waals surface area contributed by atoms with Crippen LogP contribution in [0.5, 0.6) is 11.5 Å². The highest BCUT2D eigenvalue weighted by molar-refractivity contribution is 8.00. The number of benzene rings is 3. The quantitative estimate of drug-likeness (QED) is 0.129. The fourth-order valence-electron chi connectivity index (χ4n) is 6.58. The zero-order chi connectivity index (χ0) is 36.5. The average Bonchev–Trinajstić information content (AvgIpc) is 3.58. The van der Waals surface area contributed by atoms with E-state index in [0.717, 1.165) is 50.3 Å². The van der Waals surface area contributed by atoms with Crippen molar-refractivity contribution in [3.05, 3.63) is 95.9 Å². The van der Waals surface area contributed by atoms with Gasteiger partial charge in [-0.1, -0.05) is 63.2 Å². The Bertz CT molecular complexity index is 2050. The number of hydrogen-bond donors (Lipinski definition) is 1. The van der Waals surface area contributed by atoms with Crippen molar-refractivity contribution in [2.45, 2.75) is 83.5 Å². The van der Waals surface area contributed by atoms with Crippen LogP contribution in [-0.4, -0.2) is 55.5 Å². The van der Waals surface area contributed by atoms with Crippen molar-refractivity contribution in [1.82, 2.24) is 14.5 Å². The van der Waals surface area contributed by atoms with E-state index in [1.165, 1.54) is 0 Å². The van der Waals surface area contributed by atoms with Gasteiger partial charge in [-0.05, 0) is 62.6 Å². The summed E-state index contributed by atoms with van der Waals surface area (Å²) < 4.78 is 14.1. The van der Waals surface area contributed by atoms with Crippen molar-refractivity contribution in [2.75, 3.05) is 18.1 Å². The Morgan fingerprint density at radius 3 is 2.29 bits per heavy atom. The number of aromatic nitrogens is 3. The molecule has 0 unspecified atom stereocenters. The second kappa shape index (κ2) is 14.4. The molecule has 10 heteroatoms. The van der Waals surface area contributed by atoms with E-state index in [1.807, 2.05) is 48.2 Å². The summed E-state index contributed by atoms with van der Waals surface area (Å²) in [5.74, 6) is 1.11. The zero-order valence-corrected chi connectivity index (χ0v) is 31.2. The number of nitrogens with zero attached hydrogens (tertiary/aromatic N) is 4. The molecule has 0 fully saturated rings. The lowest BCUT2D eigenvalue weighted by Gasteiger charge is -2.24. The highest BCUT2D eigenvalue weighted by atomic mass is 32.2. The van der Waals surface area contributed by atoms with Gasteiger partial charge in [0.1, 0.15) is 12.4 Å². The van der Waals surface area contributed by atoms with E-state index < -0.39 is 11.4 Å². The third kappa shape index (κ3) is 7.91.